The summed E-state index contributed by atoms with van der Waals surface area (Å²) >= 11 is 0. The molecular weight excluding hydrogens is 1480 g/mol. The van der Waals surface area contributed by atoms with Gasteiger partial charge in [-0.15, -0.1) is 24.8 Å². The van der Waals surface area contributed by atoms with Crippen LogP contribution in [0.3, 0.4) is 0 Å². The second-order valence-corrected chi connectivity index (χ2v) is 33.9. The van der Waals surface area contributed by atoms with E-state index in [0.717, 1.165) is 16.7 Å². The lowest BCUT2D eigenvalue weighted by Crippen LogP contribution is -2.45. The van der Waals surface area contributed by atoms with E-state index in [0.29, 0.717) is 17.5 Å². The van der Waals surface area contributed by atoms with Crippen molar-refractivity contribution < 1.29 is 98.9 Å². The lowest BCUT2D eigenvalue weighted by atomic mass is 10.0. The molecule has 0 fully saturated rings. The number of carbonyl (C=O) groups is 5. The molecule has 0 saturated carbocycles. The molecule has 0 aliphatic rings. The lowest BCUT2D eigenvalue weighted by molar-refractivity contribution is -0.145. The molecule has 544 valence electrons. The van der Waals surface area contributed by atoms with Crippen LogP contribution in [0.15, 0.2) is 152 Å². The van der Waals surface area contributed by atoms with Crippen molar-refractivity contribution in [2.75, 3.05) is 61.4 Å². The number of nitrogens with two attached hydrogens (primary N) is 1. The third-order valence-corrected chi connectivity index (χ3v) is 20.9. The number of Topliss-reactive ketones (excluding diaryl/α,β-unsaturated/α-hetero) is 1. The molecule has 0 amide bonds. The van der Waals surface area contributed by atoms with Gasteiger partial charge in [0.1, 0.15) is 30.8 Å². The number of sulfonamides is 4. The number of benzene rings is 5. The Bertz CT molecular complexity index is 3650. The summed E-state index contributed by atoms with van der Waals surface area (Å²) in [6, 6.07) is 38.8. The van der Waals surface area contributed by atoms with Gasteiger partial charge in [0.15, 0.2) is 5.78 Å². The number of esters is 2. The van der Waals surface area contributed by atoms with E-state index in [4.69, 9.17) is 41.3 Å². The molecule has 5 aromatic carbocycles. The molecule has 0 unspecified atom stereocenters. The Labute approximate surface area is 589 Å². The number of methoxy groups -OCH3 is 1. The third kappa shape index (κ3) is 43.4. The highest BCUT2D eigenvalue weighted by Crippen LogP contribution is 2.12. The number of aliphatic carboxylic acids is 2. The first-order valence-corrected chi connectivity index (χ1v) is 40.6. The average molecular weight is 1560 g/mol. The van der Waals surface area contributed by atoms with Gasteiger partial charge in [0.2, 0.25) is 58.2 Å². The molecule has 0 heterocycles. The molecule has 27 nitrogen and oxygen atoms in total. The van der Waals surface area contributed by atoms with E-state index < -0.39 is 135 Å². The second kappa shape index (κ2) is 46.6. The normalized spacial score (nSPS) is 13.1. The number of rotatable bonds is 39. The van der Waals surface area contributed by atoms with Crippen LogP contribution in [0.5, 0.6) is 0 Å². The molecule has 0 saturated heterocycles. The van der Waals surface area contributed by atoms with Crippen molar-refractivity contribution in [2.24, 2.45) is 5.73 Å². The summed E-state index contributed by atoms with van der Waals surface area (Å²) < 4.78 is 164. The fourth-order valence-electron chi connectivity index (χ4n) is 8.21. The van der Waals surface area contributed by atoms with Gasteiger partial charge >= 0.3 is 23.9 Å². The van der Waals surface area contributed by atoms with Crippen LogP contribution >= 0.6 is 46.2 Å². The maximum atomic E-state index is 12.7. The minimum absolute atomic E-state index is 0. The standard InChI is InChI=1S/C25H34N2O8S2.C21H26N2O8S2.C11H15NO2.C3H6Cl2O4S2.2ClH/c1-3-34-24(28)22(18-20-12-7-5-8-13-20)26-36(30,31)16-11-17-37(32,33)27-23(25(29)35-4-2)19-21-14-9-6-10-15-21;24-20(25)18(14-16-8-3-1-4-9-16)22-32(28,29)12-7-13-33(30,31)23-19(21(26)27)15-17-10-5-2-6-11-17;1-14-8-11(13)10(12)7-9-5-3-2-4-6-9;4-10(6,7)2-1-3-11(5,8)9;;/h5-10,12-15,22-23,26-27H,3-4,11,16-19H2,1-2H3;1-6,8-11,18-19,22-23H,7,12-15H2,(H,24,25)(H,26,27);2-6,10H,7-8,12H2,1H3;1-3H2;2*1H/t22-,23-;18-,19-;10-;;;/m000.../s1. The summed E-state index contributed by atoms with van der Waals surface area (Å²) in [6.45, 7) is 3.49. The highest BCUT2D eigenvalue weighted by molar-refractivity contribution is 8.14. The minimum atomic E-state index is -4.10. The monoisotopic (exact) mass is 1560 g/mol. The zero-order chi connectivity index (χ0) is 71.3. The molecule has 5 aromatic rings. The Balaban J connectivity index is 0.00000139. The predicted molar refractivity (Wildman–Crippen MR) is 375 cm³/mol. The van der Waals surface area contributed by atoms with E-state index in [2.05, 4.69) is 18.9 Å². The fourth-order valence-corrected chi connectivity index (χ4v) is 15.4. The molecule has 0 spiro atoms. The third-order valence-electron chi connectivity index (χ3n) is 12.6. The number of carboxylic acids is 2. The average Bonchev–Trinajstić information content (AvgIpc) is 1.32. The SMILES string of the molecule is CCOC(=O)[C@H](Cc1ccccc1)NS(=O)(=O)CCCS(=O)(=O)N[C@@H](Cc1ccccc1)C(=O)OCC.COCC(=O)[C@@H](N)Cc1ccccc1.Cl.Cl.O=C(O)[C@H](Cc1ccccc1)NS(=O)(=O)CCCS(=O)(=O)N[C@@H](Cc1ccccc1)C(=O)O.O=S(=O)(Cl)CCCS(=O)(=O)Cl. The Morgan fingerprint density at radius 1 is 0.402 bits per heavy atom. The van der Waals surface area contributed by atoms with Crippen LogP contribution in [-0.2, 0) is 128 Å². The molecule has 0 aromatic heterocycles. The Kier molecular flexibility index (Phi) is 43.8. The maximum absolute atomic E-state index is 12.7. The molecule has 8 N–H and O–H groups in total. The van der Waals surface area contributed by atoms with Crippen LogP contribution in [0.25, 0.3) is 0 Å². The zero-order valence-electron chi connectivity index (χ0n) is 53.0. The van der Waals surface area contributed by atoms with Crippen molar-refractivity contribution >= 4 is 134 Å². The molecular formula is C60H83Cl4N5O22S6. The smallest absolute Gasteiger partial charge is 0.324 e. The van der Waals surface area contributed by atoms with Gasteiger partial charge in [-0.2, -0.15) is 0 Å². The number of nitrogens with one attached hydrogen (secondary N) is 4. The molecule has 0 aliphatic heterocycles. The van der Waals surface area contributed by atoms with Crippen LogP contribution in [0.2, 0.25) is 0 Å². The van der Waals surface area contributed by atoms with Gasteiger partial charge in [-0.1, -0.05) is 152 Å². The van der Waals surface area contributed by atoms with Crippen LogP contribution in [0.4, 0.5) is 0 Å². The first-order chi connectivity index (χ1) is 44.5. The summed E-state index contributed by atoms with van der Waals surface area (Å²) in [5.74, 6) is -7.32. The lowest BCUT2D eigenvalue weighted by Gasteiger charge is -2.19. The van der Waals surface area contributed by atoms with Gasteiger partial charge in [-0.3, -0.25) is 24.0 Å². The van der Waals surface area contributed by atoms with Crippen LogP contribution in [0, 0.1) is 0 Å². The summed E-state index contributed by atoms with van der Waals surface area (Å²) in [7, 11) is -12.4. The largest absolute Gasteiger partial charge is 0.480 e. The van der Waals surface area contributed by atoms with Crippen molar-refractivity contribution in [3.8, 4) is 0 Å². The fraction of sp³-hybridized carbons (Fsp3) is 0.417. The number of ether oxygens (including phenoxy) is 3. The van der Waals surface area contributed by atoms with Gasteiger partial charge in [0.05, 0.1) is 53.8 Å². The van der Waals surface area contributed by atoms with E-state index in [9.17, 15) is 84.7 Å². The van der Waals surface area contributed by atoms with Gasteiger partial charge in [-0.25, -0.2) is 69.4 Å². The molecule has 97 heavy (non-hydrogen) atoms. The van der Waals surface area contributed by atoms with Crippen molar-refractivity contribution in [1.29, 1.82) is 0 Å². The van der Waals surface area contributed by atoms with Crippen molar-refractivity contribution in [2.45, 2.75) is 95.4 Å². The van der Waals surface area contributed by atoms with Crippen molar-refractivity contribution in [3.63, 3.8) is 0 Å². The predicted octanol–water partition coefficient (Wildman–Crippen LogP) is 4.30. The summed E-state index contributed by atoms with van der Waals surface area (Å²) in [5, 5.41) is 18.7. The number of carboxylic acid groups (broad SMARTS) is 2. The van der Waals surface area contributed by atoms with Crippen LogP contribution in [-0.4, -0.2) is 182 Å². The topological polar surface area (TPSA) is 432 Å². The second-order valence-electron chi connectivity index (χ2n) is 20.6. The number of ketones is 1. The summed E-state index contributed by atoms with van der Waals surface area (Å²) in [4.78, 5) is 58.9. The molecule has 5 rings (SSSR count). The Hall–Kier alpha value is -5.73. The molecule has 37 heteroatoms. The van der Waals surface area contributed by atoms with Crippen molar-refractivity contribution in [1.82, 2.24) is 18.9 Å². The van der Waals surface area contributed by atoms with Gasteiger partial charge < -0.3 is 30.2 Å². The zero-order valence-corrected chi connectivity index (χ0v) is 61.0. The first kappa shape index (κ1) is 91.3. The van der Waals surface area contributed by atoms with E-state index in [1.165, 1.54) is 7.11 Å². The minimum Gasteiger partial charge on any atom is -0.480 e. The first-order valence-electron chi connectivity index (χ1n) is 29.1. The number of hydrogen-bond donors (Lipinski definition) is 7. The quantitative estimate of drug-likeness (QED) is 0.0213. The van der Waals surface area contributed by atoms with Gasteiger partial charge in [-0.05, 0) is 93.0 Å². The van der Waals surface area contributed by atoms with Crippen LogP contribution in [0.1, 0.15) is 60.9 Å². The molecule has 0 bridgehead atoms. The van der Waals surface area contributed by atoms with E-state index in [1.807, 2.05) is 30.3 Å². The highest BCUT2D eigenvalue weighted by atomic mass is 35.7. The van der Waals surface area contributed by atoms with Crippen LogP contribution < -0.4 is 24.6 Å². The van der Waals surface area contributed by atoms with E-state index >= 15 is 0 Å². The highest BCUT2D eigenvalue weighted by Gasteiger charge is 2.30. The summed E-state index contributed by atoms with van der Waals surface area (Å²) in [6.07, 6.45) is -0.0872. The van der Waals surface area contributed by atoms with E-state index in [-0.39, 0.29) is 107 Å². The number of halogens is 4. The maximum Gasteiger partial charge on any atom is 0.324 e. The number of hydrogen-bond acceptors (Lipinski definition) is 21. The molecule has 0 aliphatic carbocycles. The van der Waals surface area contributed by atoms with Crippen molar-refractivity contribution in [3.05, 3.63) is 179 Å². The number of carbonyl (C=O) groups excluding carboxylic acids is 3. The Morgan fingerprint density at radius 3 is 0.856 bits per heavy atom. The summed E-state index contributed by atoms with van der Waals surface area (Å²) in [5.41, 5.74) is 9.49. The molecule has 0 radical (unpaired) electrons. The van der Waals surface area contributed by atoms with E-state index in [1.54, 1.807) is 135 Å². The van der Waals surface area contributed by atoms with Gasteiger partial charge in [0.25, 0.3) is 0 Å². The Morgan fingerprint density at radius 2 is 0.629 bits per heavy atom. The molecule has 5 atom stereocenters. The van der Waals surface area contributed by atoms with Gasteiger partial charge in [0, 0.05) is 28.5 Å².